The predicted molar refractivity (Wildman–Crippen MR) is 84.6 cm³/mol. The second-order valence-electron chi connectivity index (χ2n) is 5.73. The van der Waals surface area contributed by atoms with Gasteiger partial charge in [-0.15, -0.1) is 0 Å². The van der Waals surface area contributed by atoms with Gasteiger partial charge in [-0.05, 0) is 18.9 Å². The lowest BCUT2D eigenvalue weighted by atomic mass is 10.0. The van der Waals surface area contributed by atoms with Crippen LogP contribution < -0.4 is 4.90 Å². The number of nitro benzene ring substituents is 1. The van der Waals surface area contributed by atoms with Crippen LogP contribution in [0.5, 0.6) is 0 Å². The average molecular weight is 306 g/mol. The summed E-state index contributed by atoms with van der Waals surface area (Å²) in [7, 11) is 0. The van der Waals surface area contributed by atoms with Gasteiger partial charge in [-0.1, -0.05) is 32.1 Å². The number of hydrogen-bond donors (Lipinski definition) is 1. The third-order valence-corrected chi connectivity index (χ3v) is 4.12. The summed E-state index contributed by atoms with van der Waals surface area (Å²) in [5.41, 5.74) is 0.437. The highest BCUT2D eigenvalue weighted by atomic mass is 16.6. The van der Waals surface area contributed by atoms with Crippen molar-refractivity contribution in [3.63, 3.8) is 0 Å². The lowest BCUT2D eigenvalue weighted by molar-refractivity contribution is -0.384. The lowest BCUT2D eigenvalue weighted by Gasteiger charge is -2.27. The smallest absolute Gasteiger partial charge is 0.338 e. The van der Waals surface area contributed by atoms with Crippen molar-refractivity contribution >= 4 is 17.3 Å². The van der Waals surface area contributed by atoms with E-state index in [9.17, 15) is 20.0 Å². The minimum atomic E-state index is -1.12. The van der Waals surface area contributed by atoms with E-state index in [1.807, 2.05) is 0 Å². The normalized spacial score (nSPS) is 17.0. The van der Waals surface area contributed by atoms with Crippen LogP contribution in [-0.4, -0.2) is 29.1 Å². The van der Waals surface area contributed by atoms with Crippen LogP contribution in [0.4, 0.5) is 11.4 Å². The summed E-state index contributed by atoms with van der Waals surface area (Å²) < 4.78 is 0. The minimum Gasteiger partial charge on any atom is -0.478 e. The number of rotatable bonds is 3. The van der Waals surface area contributed by atoms with E-state index in [-0.39, 0.29) is 11.3 Å². The molecule has 1 aromatic rings. The Morgan fingerprint density at radius 3 is 2.09 bits per heavy atom. The third-order valence-electron chi connectivity index (χ3n) is 4.12. The second kappa shape index (κ2) is 7.77. The quantitative estimate of drug-likeness (QED) is 0.677. The molecule has 1 saturated heterocycles. The van der Waals surface area contributed by atoms with E-state index in [1.165, 1.54) is 25.3 Å². The third kappa shape index (κ3) is 4.19. The van der Waals surface area contributed by atoms with Crippen molar-refractivity contribution in [3.05, 3.63) is 33.9 Å². The molecule has 2 rings (SSSR count). The van der Waals surface area contributed by atoms with Gasteiger partial charge in [-0.3, -0.25) is 10.1 Å². The number of hydrogen-bond acceptors (Lipinski definition) is 4. The minimum absolute atomic E-state index is 0.0197. The standard InChI is InChI=1S/C16H22N2O4/c19-16(20)14-12-13(18(21)22)8-9-15(14)17-10-6-4-2-1-3-5-7-11-17/h8-9,12H,1-7,10-11H2,(H,19,20). The van der Waals surface area contributed by atoms with Crippen molar-refractivity contribution in [2.24, 2.45) is 0 Å². The molecule has 0 amide bonds. The molecule has 0 saturated carbocycles. The van der Waals surface area contributed by atoms with Crippen molar-refractivity contribution in [3.8, 4) is 0 Å². The van der Waals surface area contributed by atoms with E-state index in [0.29, 0.717) is 5.69 Å². The molecule has 0 bridgehead atoms. The molecular formula is C16H22N2O4. The van der Waals surface area contributed by atoms with Crippen molar-refractivity contribution in [2.75, 3.05) is 18.0 Å². The van der Waals surface area contributed by atoms with Gasteiger partial charge < -0.3 is 10.0 Å². The molecule has 1 aliphatic heterocycles. The van der Waals surface area contributed by atoms with Crippen LogP contribution in [0, 0.1) is 10.1 Å². The number of carboxylic acid groups (broad SMARTS) is 1. The van der Waals surface area contributed by atoms with Crippen LogP contribution in [0.2, 0.25) is 0 Å². The van der Waals surface area contributed by atoms with Crippen molar-refractivity contribution in [2.45, 2.75) is 44.9 Å². The first-order valence-corrected chi connectivity index (χ1v) is 7.86. The Labute approximate surface area is 129 Å². The Balaban J connectivity index is 2.27. The summed E-state index contributed by atoms with van der Waals surface area (Å²) in [6, 6.07) is 4.13. The van der Waals surface area contributed by atoms with Gasteiger partial charge in [0.15, 0.2) is 0 Å². The zero-order valence-electron chi connectivity index (χ0n) is 12.7. The van der Waals surface area contributed by atoms with Crippen LogP contribution in [0.3, 0.4) is 0 Å². The van der Waals surface area contributed by atoms with Crippen molar-refractivity contribution in [1.29, 1.82) is 0 Å². The van der Waals surface area contributed by atoms with Crippen LogP contribution in [0.25, 0.3) is 0 Å². The highest BCUT2D eigenvalue weighted by Gasteiger charge is 2.20. The SMILES string of the molecule is O=C(O)c1cc([N+](=O)[O-])ccc1N1CCCCCCCCC1. The molecule has 6 nitrogen and oxygen atoms in total. The number of nitro groups is 1. The van der Waals surface area contributed by atoms with Gasteiger partial charge in [0.2, 0.25) is 0 Å². The molecule has 1 fully saturated rings. The van der Waals surface area contributed by atoms with E-state index < -0.39 is 10.9 Å². The first-order valence-electron chi connectivity index (χ1n) is 7.86. The Morgan fingerprint density at radius 1 is 1.05 bits per heavy atom. The highest BCUT2D eigenvalue weighted by molar-refractivity contribution is 5.95. The predicted octanol–water partition coefficient (Wildman–Crippen LogP) is 3.84. The number of anilines is 1. The van der Waals surface area contributed by atoms with Gasteiger partial charge in [-0.25, -0.2) is 4.79 Å². The summed E-state index contributed by atoms with van der Waals surface area (Å²) in [6.07, 6.45) is 8.06. The number of non-ortho nitro benzene ring substituents is 1. The Kier molecular flexibility index (Phi) is 5.75. The Hall–Kier alpha value is -2.11. The highest BCUT2D eigenvalue weighted by Crippen LogP contribution is 2.27. The molecule has 1 aliphatic rings. The van der Waals surface area contributed by atoms with Gasteiger partial charge in [0.05, 0.1) is 16.2 Å². The molecule has 0 aromatic heterocycles. The summed E-state index contributed by atoms with van der Waals surface area (Å²) in [4.78, 5) is 23.8. The topological polar surface area (TPSA) is 83.7 Å². The van der Waals surface area contributed by atoms with Crippen LogP contribution >= 0.6 is 0 Å². The van der Waals surface area contributed by atoms with Gasteiger partial charge >= 0.3 is 5.97 Å². The van der Waals surface area contributed by atoms with Gasteiger partial charge in [0.1, 0.15) is 0 Å². The zero-order valence-corrected chi connectivity index (χ0v) is 12.7. The van der Waals surface area contributed by atoms with E-state index >= 15 is 0 Å². The fourth-order valence-electron chi connectivity index (χ4n) is 2.93. The molecule has 1 aromatic carbocycles. The largest absolute Gasteiger partial charge is 0.478 e. The van der Waals surface area contributed by atoms with Crippen molar-refractivity contribution < 1.29 is 14.8 Å². The second-order valence-corrected chi connectivity index (χ2v) is 5.73. The maximum atomic E-state index is 11.5. The molecule has 1 N–H and O–H groups in total. The lowest BCUT2D eigenvalue weighted by Crippen LogP contribution is -2.28. The van der Waals surface area contributed by atoms with Gasteiger partial charge in [0.25, 0.3) is 5.69 Å². The van der Waals surface area contributed by atoms with Gasteiger partial charge in [-0.2, -0.15) is 0 Å². The maximum Gasteiger partial charge on any atom is 0.338 e. The molecular weight excluding hydrogens is 284 g/mol. The Morgan fingerprint density at radius 2 is 1.59 bits per heavy atom. The Bertz CT molecular complexity index is 535. The van der Waals surface area contributed by atoms with Crippen molar-refractivity contribution in [1.82, 2.24) is 0 Å². The zero-order chi connectivity index (χ0) is 15.9. The number of benzene rings is 1. The number of aromatic carboxylic acids is 1. The summed E-state index contributed by atoms with van der Waals surface area (Å²) in [5, 5.41) is 20.2. The van der Waals surface area contributed by atoms with Crippen LogP contribution in [0.15, 0.2) is 18.2 Å². The summed E-state index contributed by atoms with van der Waals surface area (Å²) in [5.74, 6) is -1.12. The number of carboxylic acids is 1. The maximum absolute atomic E-state index is 11.5. The van der Waals surface area contributed by atoms with Gasteiger partial charge in [0, 0.05) is 25.2 Å². The van der Waals surface area contributed by atoms with E-state index in [4.69, 9.17) is 0 Å². The van der Waals surface area contributed by atoms with Crippen LogP contribution in [0.1, 0.15) is 55.3 Å². The molecule has 6 heteroatoms. The molecule has 0 atom stereocenters. The first kappa shape index (κ1) is 16.3. The monoisotopic (exact) mass is 306 g/mol. The van der Waals surface area contributed by atoms with E-state index in [1.54, 1.807) is 6.07 Å². The average Bonchev–Trinajstić information content (AvgIpc) is 2.51. The fraction of sp³-hybridized carbons (Fsp3) is 0.562. The number of nitrogens with zero attached hydrogens (tertiary/aromatic N) is 2. The molecule has 0 radical (unpaired) electrons. The molecule has 22 heavy (non-hydrogen) atoms. The van der Waals surface area contributed by atoms with E-state index in [2.05, 4.69) is 4.90 Å². The molecule has 0 spiro atoms. The molecule has 0 unspecified atom stereocenters. The molecule has 1 heterocycles. The first-order chi connectivity index (χ1) is 10.6. The fourth-order valence-corrected chi connectivity index (χ4v) is 2.93. The summed E-state index contributed by atoms with van der Waals surface area (Å²) >= 11 is 0. The summed E-state index contributed by atoms with van der Waals surface area (Å²) in [6.45, 7) is 1.61. The number of carbonyl (C=O) groups is 1. The van der Waals surface area contributed by atoms with E-state index in [0.717, 1.165) is 44.8 Å². The molecule has 0 aliphatic carbocycles. The van der Waals surface area contributed by atoms with Crippen LogP contribution in [-0.2, 0) is 0 Å². The molecule has 120 valence electrons.